The minimum absolute atomic E-state index is 0.138. The Bertz CT molecular complexity index is 1000. The molecule has 0 bridgehead atoms. The number of hydrogen-bond donors (Lipinski definition) is 1. The van der Waals surface area contributed by atoms with Gasteiger partial charge in [-0.3, -0.25) is 9.59 Å². The Morgan fingerprint density at radius 1 is 1.15 bits per heavy atom. The van der Waals surface area contributed by atoms with Gasteiger partial charge in [0.2, 0.25) is 11.8 Å². The van der Waals surface area contributed by atoms with Crippen LogP contribution in [0.15, 0.2) is 65.7 Å². The minimum atomic E-state index is -0.193. The number of rotatable bonds is 6. The van der Waals surface area contributed by atoms with E-state index in [-0.39, 0.29) is 23.8 Å². The number of halogens is 2. The quantitative estimate of drug-likeness (QED) is 0.662. The van der Waals surface area contributed by atoms with E-state index >= 15 is 0 Å². The number of carbonyl (C=O) groups excluding carboxylic acids is 1. The molecule has 0 saturated carbocycles. The first-order valence-electron chi connectivity index (χ1n) is 8.05. The van der Waals surface area contributed by atoms with Crippen molar-refractivity contribution < 1.29 is 9.53 Å². The van der Waals surface area contributed by atoms with E-state index in [1.807, 2.05) is 0 Å². The lowest BCUT2D eigenvalue weighted by molar-refractivity contribution is -0.116. The lowest BCUT2D eigenvalue weighted by Crippen LogP contribution is -2.21. The van der Waals surface area contributed by atoms with E-state index in [1.54, 1.807) is 42.6 Å². The van der Waals surface area contributed by atoms with Crippen molar-refractivity contribution in [2.24, 2.45) is 0 Å². The van der Waals surface area contributed by atoms with Crippen LogP contribution in [0.5, 0.6) is 11.6 Å². The van der Waals surface area contributed by atoms with E-state index in [2.05, 4.69) is 10.3 Å². The van der Waals surface area contributed by atoms with E-state index in [4.69, 9.17) is 27.9 Å². The van der Waals surface area contributed by atoms with Gasteiger partial charge in [-0.05, 0) is 36.4 Å². The van der Waals surface area contributed by atoms with Crippen molar-refractivity contribution in [3.05, 3.63) is 81.3 Å². The molecule has 27 heavy (non-hydrogen) atoms. The number of carbonyl (C=O) groups is 1. The summed E-state index contributed by atoms with van der Waals surface area (Å²) in [5.41, 5.74) is 0.476. The van der Waals surface area contributed by atoms with Crippen LogP contribution < -0.4 is 15.6 Å². The molecular weight excluding hydrogens is 389 g/mol. The number of anilines is 1. The zero-order valence-corrected chi connectivity index (χ0v) is 15.6. The topological polar surface area (TPSA) is 73.2 Å². The van der Waals surface area contributed by atoms with Crippen LogP contribution in [0.25, 0.3) is 0 Å². The van der Waals surface area contributed by atoms with Crippen LogP contribution in [-0.4, -0.2) is 15.5 Å². The van der Waals surface area contributed by atoms with Crippen molar-refractivity contribution in [2.45, 2.75) is 13.0 Å². The average molecular weight is 404 g/mol. The van der Waals surface area contributed by atoms with Gasteiger partial charge in [-0.1, -0.05) is 29.3 Å². The molecule has 6 nitrogen and oxygen atoms in total. The summed E-state index contributed by atoms with van der Waals surface area (Å²) >= 11 is 11.8. The number of amides is 1. The van der Waals surface area contributed by atoms with Crippen LogP contribution in [0, 0.1) is 0 Å². The molecule has 0 radical (unpaired) electrons. The molecule has 8 heteroatoms. The van der Waals surface area contributed by atoms with Gasteiger partial charge in [0.25, 0.3) is 5.56 Å². The first-order chi connectivity index (χ1) is 13.0. The number of aromatic nitrogens is 2. The fourth-order valence-electron chi connectivity index (χ4n) is 2.29. The molecule has 138 valence electrons. The van der Waals surface area contributed by atoms with Gasteiger partial charge in [0, 0.05) is 37.1 Å². The number of hydrogen-bond acceptors (Lipinski definition) is 4. The Morgan fingerprint density at radius 3 is 2.63 bits per heavy atom. The van der Waals surface area contributed by atoms with E-state index in [1.165, 1.54) is 22.9 Å². The van der Waals surface area contributed by atoms with Crippen molar-refractivity contribution in [1.29, 1.82) is 0 Å². The van der Waals surface area contributed by atoms with Gasteiger partial charge in [-0.2, -0.15) is 0 Å². The number of nitrogens with zero attached hydrogens (tertiary/aromatic N) is 2. The molecule has 0 unspecified atom stereocenters. The fraction of sp³-hybridized carbons (Fsp3) is 0.105. The summed E-state index contributed by atoms with van der Waals surface area (Å²) in [6.07, 6.45) is 3.28. The zero-order valence-electron chi connectivity index (χ0n) is 14.1. The molecule has 3 rings (SSSR count). The average Bonchev–Trinajstić information content (AvgIpc) is 2.65. The summed E-state index contributed by atoms with van der Waals surface area (Å²) in [6.45, 7) is 0.313. The molecule has 3 aromatic rings. The third-order valence-corrected chi connectivity index (χ3v) is 4.08. The summed E-state index contributed by atoms with van der Waals surface area (Å²) < 4.78 is 7.08. The highest BCUT2D eigenvalue weighted by molar-refractivity contribution is 6.35. The summed E-state index contributed by atoms with van der Waals surface area (Å²) in [4.78, 5) is 27.7. The van der Waals surface area contributed by atoms with Crippen molar-refractivity contribution >= 4 is 34.8 Å². The maximum atomic E-state index is 12.1. The second kappa shape index (κ2) is 8.70. The van der Waals surface area contributed by atoms with Crippen LogP contribution in [-0.2, 0) is 11.3 Å². The Labute approximate surface area is 165 Å². The van der Waals surface area contributed by atoms with Crippen LogP contribution >= 0.6 is 23.2 Å². The Balaban J connectivity index is 1.56. The molecule has 0 fully saturated rings. The predicted octanol–water partition coefficient (Wildman–Crippen LogP) is 4.37. The van der Waals surface area contributed by atoms with Crippen molar-refractivity contribution in [3.63, 3.8) is 0 Å². The molecule has 0 saturated heterocycles. The Hall–Kier alpha value is -2.83. The van der Waals surface area contributed by atoms with Gasteiger partial charge in [0.15, 0.2) is 0 Å². The van der Waals surface area contributed by atoms with Crippen LogP contribution in [0.2, 0.25) is 10.0 Å². The number of ether oxygens (including phenoxy) is 1. The zero-order chi connectivity index (χ0) is 19.2. The molecule has 2 heterocycles. The minimum Gasteiger partial charge on any atom is -0.438 e. The maximum absolute atomic E-state index is 12.1. The molecule has 2 aromatic heterocycles. The van der Waals surface area contributed by atoms with Crippen molar-refractivity contribution in [3.8, 4) is 11.6 Å². The van der Waals surface area contributed by atoms with Gasteiger partial charge < -0.3 is 14.6 Å². The van der Waals surface area contributed by atoms with Crippen LogP contribution in [0.3, 0.4) is 0 Å². The van der Waals surface area contributed by atoms with Gasteiger partial charge >= 0.3 is 0 Å². The first kappa shape index (κ1) is 18.9. The summed E-state index contributed by atoms with van der Waals surface area (Å²) in [7, 11) is 0. The monoisotopic (exact) mass is 403 g/mol. The molecule has 0 spiro atoms. The maximum Gasteiger partial charge on any atom is 0.250 e. The highest BCUT2D eigenvalue weighted by Gasteiger charge is 2.07. The third-order valence-electron chi connectivity index (χ3n) is 3.61. The second-order valence-electron chi connectivity index (χ2n) is 5.60. The Morgan fingerprint density at radius 2 is 1.93 bits per heavy atom. The molecule has 1 amide bonds. The standard InChI is InChI=1S/C19H15Cl2N3O3/c20-13-11-16(21)19(22-12-13)27-15-6-4-14(5-7-15)23-17(25)8-10-24-9-2-1-3-18(24)26/h1-7,9,11-12H,8,10H2,(H,23,25). The van der Waals surface area contributed by atoms with E-state index in [9.17, 15) is 9.59 Å². The highest BCUT2D eigenvalue weighted by Crippen LogP contribution is 2.29. The highest BCUT2D eigenvalue weighted by atomic mass is 35.5. The first-order valence-corrected chi connectivity index (χ1v) is 8.81. The number of aryl methyl sites for hydroxylation is 1. The second-order valence-corrected chi connectivity index (χ2v) is 6.44. The van der Waals surface area contributed by atoms with E-state index in [0.29, 0.717) is 28.0 Å². The Kier molecular flexibility index (Phi) is 6.11. The van der Waals surface area contributed by atoms with Gasteiger partial charge in [0.1, 0.15) is 10.8 Å². The van der Waals surface area contributed by atoms with Gasteiger partial charge in [-0.25, -0.2) is 4.98 Å². The normalized spacial score (nSPS) is 10.4. The molecule has 0 aliphatic carbocycles. The lowest BCUT2D eigenvalue weighted by Gasteiger charge is -2.09. The van der Waals surface area contributed by atoms with Crippen LogP contribution in [0.4, 0.5) is 5.69 Å². The summed E-state index contributed by atoms with van der Waals surface area (Å²) in [6, 6.07) is 13.2. The molecular formula is C19H15Cl2N3O3. The van der Waals surface area contributed by atoms with E-state index < -0.39 is 0 Å². The van der Waals surface area contributed by atoms with E-state index in [0.717, 1.165) is 0 Å². The lowest BCUT2D eigenvalue weighted by atomic mass is 10.3. The van der Waals surface area contributed by atoms with Gasteiger partial charge in [-0.15, -0.1) is 0 Å². The smallest absolute Gasteiger partial charge is 0.250 e. The van der Waals surface area contributed by atoms with Crippen molar-refractivity contribution in [1.82, 2.24) is 9.55 Å². The van der Waals surface area contributed by atoms with Crippen LogP contribution in [0.1, 0.15) is 6.42 Å². The molecule has 0 aliphatic rings. The summed E-state index contributed by atoms with van der Waals surface area (Å²) in [5.74, 6) is 0.563. The van der Waals surface area contributed by atoms with Crippen molar-refractivity contribution in [2.75, 3.05) is 5.32 Å². The molecule has 0 aliphatic heterocycles. The number of benzene rings is 1. The van der Waals surface area contributed by atoms with Gasteiger partial charge in [0.05, 0.1) is 5.02 Å². The SMILES string of the molecule is O=C(CCn1ccccc1=O)Nc1ccc(Oc2ncc(Cl)cc2Cl)cc1. The summed E-state index contributed by atoms with van der Waals surface area (Å²) in [5, 5.41) is 3.49. The number of pyridine rings is 2. The number of nitrogens with one attached hydrogen (secondary N) is 1. The predicted molar refractivity (Wildman–Crippen MR) is 105 cm³/mol. The largest absolute Gasteiger partial charge is 0.438 e. The fourth-order valence-corrected chi connectivity index (χ4v) is 2.70. The molecule has 1 N–H and O–H groups in total. The molecule has 0 atom stereocenters. The molecule has 1 aromatic carbocycles. The third kappa shape index (κ3) is 5.32.